The molecular weight excluding hydrogens is 385 g/mol. The Kier molecular flexibility index (Phi) is 5.40. The third-order valence-corrected chi connectivity index (χ3v) is 3.45. The summed E-state index contributed by atoms with van der Waals surface area (Å²) in [6.07, 6.45) is 5.51. The molecule has 0 spiro atoms. The van der Waals surface area contributed by atoms with E-state index in [1.807, 2.05) is 60.0 Å². The van der Waals surface area contributed by atoms with Crippen molar-refractivity contribution in [3.63, 3.8) is 0 Å². The van der Waals surface area contributed by atoms with E-state index in [9.17, 15) is 0 Å². The highest BCUT2D eigenvalue weighted by molar-refractivity contribution is 5.74. The molecule has 0 atom stereocenters. The highest BCUT2D eigenvalue weighted by Crippen LogP contribution is 2.31. The second-order valence-corrected chi connectivity index (χ2v) is 4.82. The molecule has 0 unspecified atom stereocenters. The Morgan fingerprint density at radius 1 is 0.955 bits per heavy atom. The zero-order chi connectivity index (χ0) is 14.7. The lowest BCUT2D eigenvalue weighted by atomic mass is 10.1. The third kappa shape index (κ3) is 3.07. The molecule has 2 nitrogen and oxygen atoms in total. The topological polar surface area (TPSA) is 17.0 Å². The SMILES string of the molecule is C#CC[n+]1c(C)oc(-c2ccccc2)c1-c1ccccc1.[I-]. The molecule has 0 aliphatic rings. The first-order valence-electron chi connectivity index (χ1n) is 6.89. The Morgan fingerprint density at radius 2 is 1.50 bits per heavy atom. The fraction of sp³-hybridized carbons (Fsp3) is 0.105. The van der Waals surface area contributed by atoms with Gasteiger partial charge in [-0.05, 0) is 18.1 Å². The van der Waals surface area contributed by atoms with Crippen LogP contribution in [0.25, 0.3) is 22.6 Å². The standard InChI is InChI=1S/C19H16NO.HI/c1-3-14-20-15(2)21-19(17-12-8-5-9-13-17)18(20)16-10-6-4-7-11-16;/h1,4-13H,14H2,2H3;1H/q+1;/p-1. The minimum absolute atomic E-state index is 0. The van der Waals surface area contributed by atoms with Crippen LogP contribution in [0.4, 0.5) is 0 Å². The predicted molar refractivity (Wildman–Crippen MR) is 83.3 cm³/mol. The number of hydrogen-bond acceptors (Lipinski definition) is 1. The molecule has 3 aromatic rings. The summed E-state index contributed by atoms with van der Waals surface area (Å²) in [6.45, 7) is 2.43. The molecule has 0 radical (unpaired) electrons. The second-order valence-electron chi connectivity index (χ2n) is 4.82. The molecule has 3 rings (SSSR count). The van der Waals surface area contributed by atoms with E-state index in [4.69, 9.17) is 10.8 Å². The number of benzene rings is 2. The van der Waals surface area contributed by atoms with Crippen LogP contribution in [0.2, 0.25) is 0 Å². The van der Waals surface area contributed by atoms with Gasteiger partial charge in [0.05, 0.1) is 12.5 Å². The molecule has 1 aromatic heterocycles. The summed E-state index contributed by atoms with van der Waals surface area (Å²) in [5, 5.41) is 0. The number of rotatable bonds is 3. The van der Waals surface area contributed by atoms with E-state index >= 15 is 0 Å². The van der Waals surface area contributed by atoms with E-state index in [0.717, 1.165) is 28.5 Å². The van der Waals surface area contributed by atoms with Crippen LogP contribution in [0.1, 0.15) is 5.89 Å². The van der Waals surface area contributed by atoms with E-state index in [-0.39, 0.29) is 24.0 Å². The molecule has 0 saturated carbocycles. The maximum atomic E-state index is 6.01. The number of hydrogen-bond donors (Lipinski definition) is 0. The summed E-state index contributed by atoms with van der Waals surface area (Å²) in [5.41, 5.74) is 3.18. The third-order valence-electron chi connectivity index (χ3n) is 3.45. The fourth-order valence-corrected chi connectivity index (χ4v) is 2.48. The number of oxazole rings is 1. The van der Waals surface area contributed by atoms with Gasteiger partial charge in [-0.15, -0.1) is 11.0 Å². The van der Waals surface area contributed by atoms with Gasteiger partial charge in [0.1, 0.15) is 0 Å². The Bertz CT molecular complexity index is 786. The lowest BCUT2D eigenvalue weighted by Gasteiger charge is -1.99. The van der Waals surface area contributed by atoms with Crippen molar-refractivity contribution in [3.8, 4) is 34.9 Å². The van der Waals surface area contributed by atoms with Gasteiger partial charge in [-0.3, -0.25) is 0 Å². The van der Waals surface area contributed by atoms with Gasteiger partial charge in [-0.1, -0.05) is 48.5 Å². The van der Waals surface area contributed by atoms with Crippen molar-refractivity contribution >= 4 is 0 Å². The Hall–Kier alpha value is -2.06. The van der Waals surface area contributed by atoms with Crippen molar-refractivity contribution in [3.05, 3.63) is 66.6 Å². The molecular formula is C19H16INO. The molecule has 0 aliphatic carbocycles. The van der Waals surface area contributed by atoms with Crippen LogP contribution >= 0.6 is 0 Å². The van der Waals surface area contributed by atoms with E-state index in [2.05, 4.69) is 18.1 Å². The minimum Gasteiger partial charge on any atom is -1.00 e. The Balaban J connectivity index is 0.00000176. The van der Waals surface area contributed by atoms with Crippen LogP contribution in [-0.4, -0.2) is 0 Å². The minimum atomic E-state index is 0. The van der Waals surface area contributed by atoms with Crippen LogP contribution in [0.15, 0.2) is 65.1 Å². The number of terminal acetylenes is 1. The van der Waals surface area contributed by atoms with Gasteiger partial charge in [0, 0.05) is 5.56 Å². The van der Waals surface area contributed by atoms with Crippen molar-refractivity contribution in [2.75, 3.05) is 0 Å². The smallest absolute Gasteiger partial charge is 0.345 e. The summed E-state index contributed by atoms with van der Waals surface area (Å²) in [6, 6.07) is 20.3. The van der Waals surface area contributed by atoms with Crippen LogP contribution in [0, 0.1) is 19.3 Å². The Morgan fingerprint density at radius 3 is 2.05 bits per heavy atom. The average molecular weight is 401 g/mol. The summed E-state index contributed by atoms with van der Waals surface area (Å²) >= 11 is 0. The number of nitrogens with zero attached hydrogens (tertiary/aromatic N) is 1. The average Bonchev–Trinajstić information content (AvgIpc) is 2.86. The van der Waals surface area contributed by atoms with Gasteiger partial charge in [0.2, 0.25) is 12.3 Å². The summed E-state index contributed by atoms with van der Waals surface area (Å²) < 4.78 is 8.05. The molecule has 0 aliphatic heterocycles. The van der Waals surface area contributed by atoms with Gasteiger partial charge in [0.25, 0.3) is 5.69 Å². The van der Waals surface area contributed by atoms with Crippen molar-refractivity contribution in [2.24, 2.45) is 0 Å². The second kappa shape index (κ2) is 7.28. The summed E-state index contributed by atoms with van der Waals surface area (Å²) in [4.78, 5) is 0. The van der Waals surface area contributed by atoms with Crippen LogP contribution in [-0.2, 0) is 6.54 Å². The number of aromatic nitrogens is 1. The van der Waals surface area contributed by atoms with Crippen molar-refractivity contribution in [1.82, 2.24) is 0 Å². The van der Waals surface area contributed by atoms with Gasteiger partial charge in [-0.25, -0.2) is 0 Å². The van der Waals surface area contributed by atoms with Crippen LogP contribution in [0.5, 0.6) is 0 Å². The molecule has 2 aromatic carbocycles. The predicted octanol–water partition coefficient (Wildman–Crippen LogP) is 0.847. The number of aryl methyl sites for hydroxylation is 1. The first-order chi connectivity index (χ1) is 10.3. The van der Waals surface area contributed by atoms with Crippen LogP contribution in [0.3, 0.4) is 0 Å². The van der Waals surface area contributed by atoms with E-state index in [1.165, 1.54) is 0 Å². The maximum Gasteiger partial charge on any atom is 0.345 e. The molecule has 0 amide bonds. The molecule has 1 heterocycles. The van der Waals surface area contributed by atoms with E-state index < -0.39 is 0 Å². The van der Waals surface area contributed by atoms with Crippen LogP contribution < -0.4 is 28.5 Å². The normalized spacial score (nSPS) is 9.82. The fourth-order valence-electron chi connectivity index (χ4n) is 2.48. The molecule has 3 heteroatoms. The molecule has 0 saturated heterocycles. The summed E-state index contributed by atoms with van der Waals surface area (Å²) in [7, 11) is 0. The van der Waals surface area contributed by atoms with E-state index in [0.29, 0.717) is 6.54 Å². The molecule has 110 valence electrons. The van der Waals surface area contributed by atoms with E-state index in [1.54, 1.807) is 0 Å². The van der Waals surface area contributed by atoms with Gasteiger partial charge in [-0.2, -0.15) is 0 Å². The zero-order valence-electron chi connectivity index (χ0n) is 12.3. The largest absolute Gasteiger partial charge is 1.00 e. The first-order valence-corrected chi connectivity index (χ1v) is 6.89. The molecule has 22 heavy (non-hydrogen) atoms. The Labute approximate surface area is 147 Å². The monoisotopic (exact) mass is 401 g/mol. The zero-order valence-corrected chi connectivity index (χ0v) is 14.4. The lowest BCUT2D eigenvalue weighted by molar-refractivity contribution is -0.683. The molecule has 0 bridgehead atoms. The van der Waals surface area contributed by atoms with Crippen molar-refractivity contribution in [2.45, 2.75) is 13.5 Å². The van der Waals surface area contributed by atoms with Crippen molar-refractivity contribution < 1.29 is 33.0 Å². The summed E-state index contributed by atoms with van der Waals surface area (Å²) in [5.74, 6) is 4.37. The molecule has 0 N–H and O–H groups in total. The number of halogens is 1. The quantitative estimate of drug-likeness (QED) is 0.361. The molecule has 0 fully saturated rings. The van der Waals surface area contributed by atoms with Crippen molar-refractivity contribution in [1.29, 1.82) is 0 Å². The maximum absolute atomic E-state index is 6.01. The van der Waals surface area contributed by atoms with Gasteiger partial charge < -0.3 is 28.4 Å². The van der Waals surface area contributed by atoms with Gasteiger partial charge >= 0.3 is 5.89 Å². The lowest BCUT2D eigenvalue weighted by Crippen LogP contribution is -3.00. The highest BCUT2D eigenvalue weighted by Gasteiger charge is 2.27. The van der Waals surface area contributed by atoms with Gasteiger partial charge in [0.15, 0.2) is 0 Å². The first kappa shape index (κ1) is 16.3. The highest BCUT2D eigenvalue weighted by atomic mass is 127.